The zero-order valence-electron chi connectivity index (χ0n) is 32.5. The second kappa shape index (κ2) is 15.9. The first-order valence-electron chi connectivity index (χ1n) is 18.9. The van der Waals surface area contributed by atoms with Crippen LogP contribution in [0.1, 0.15) is 111 Å². The van der Waals surface area contributed by atoms with Crippen LogP contribution in [0, 0.1) is 10.1 Å². The highest BCUT2D eigenvalue weighted by atomic mass is 35.5. The molecule has 2 saturated heterocycles. The molecule has 4 heterocycles. The lowest BCUT2D eigenvalue weighted by molar-refractivity contribution is -0.385. The number of hydrogen-bond acceptors (Lipinski definition) is 9. The van der Waals surface area contributed by atoms with Crippen molar-refractivity contribution in [3.8, 4) is 39.4 Å². The molecule has 0 bridgehead atoms. The van der Waals surface area contributed by atoms with Gasteiger partial charge in [-0.3, -0.25) is 19.9 Å². The fourth-order valence-corrected chi connectivity index (χ4v) is 7.32. The number of rotatable bonds is 10. The lowest BCUT2D eigenvalue weighted by Crippen LogP contribution is -2.36. The zero-order chi connectivity index (χ0) is 39.7. The van der Waals surface area contributed by atoms with Crippen LogP contribution in [0.4, 0.5) is 15.3 Å². The Morgan fingerprint density at radius 3 is 1.89 bits per heavy atom. The van der Waals surface area contributed by atoms with Gasteiger partial charge in [0.25, 0.3) is 0 Å². The number of imidazole rings is 2. The predicted octanol–water partition coefficient (Wildman–Crippen LogP) is 10.0. The first kappa shape index (κ1) is 39.6. The van der Waals surface area contributed by atoms with Crippen LogP contribution in [0.2, 0.25) is 5.02 Å². The number of likely N-dealkylation sites (tertiary alicyclic amines) is 2. The van der Waals surface area contributed by atoms with Gasteiger partial charge >= 0.3 is 17.9 Å². The van der Waals surface area contributed by atoms with Crippen LogP contribution in [0.25, 0.3) is 33.6 Å². The highest BCUT2D eigenvalue weighted by molar-refractivity contribution is 6.34. The van der Waals surface area contributed by atoms with Crippen LogP contribution in [0.5, 0.6) is 5.75 Å². The quantitative estimate of drug-likeness (QED) is 0.0904. The van der Waals surface area contributed by atoms with E-state index in [0.717, 1.165) is 31.2 Å². The number of hydrogen-bond donors (Lipinski definition) is 2. The van der Waals surface area contributed by atoms with Crippen molar-refractivity contribution in [2.24, 2.45) is 0 Å². The van der Waals surface area contributed by atoms with Gasteiger partial charge in [-0.15, -0.1) is 0 Å². The van der Waals surface area contributed by atoms with Crippen LogP contribution in [-0.4, -0.2) is 77.7 Å². The number of carbonyl (C=O) groups is 2. The average Bonchev–Trinajstić information content (AvgIpc) is 3.93. The standard InChI is InChI=1S/C40H50ClN7O7/c1-8-9-20-53-34-26(29-23-43-36(45-29)31-13-11-19-47(31)38(50)55-40(5,6)7)21-27(41)32(33(34)48(51)52)25-16-14-24(15-17-25)28-22-42-35(44-28)30-12-10-18-46(30)37(49)54-39(2,3)4/h14-17,21-23,30-31H,8-13,18-20H2,1-7H3,(H,42,44)(H,43,45)/t30-,31-/m0/s1. The lowest BCUT2D eigenvalue weighted by atomic mass is 9.97. The summed E-state index contributed by atoms with van der Waals surface area (Å²) < 4.78 is 17.5. The molecule has 14 nitrogen and oxygen atoms in total. The minimum atomic E-state index is -0.647. The minimum absolute atomic E-state index is 0.0680. The highest BCUT2D eigenvalue weighted by Crippen LogP contribution is 2.49. The highest BCUT2D eigenvalue weighted by Gasteiger charge is 2.37. The molecule has 15 heteroatoms. The van der Waals surface area contributed by atoms with E-state index in [1.54, 1.807) is 40.4 Å². The van der Waals surface area contributed by atoms with Gasteiger partial charge in [-0.1, -0.05) is 49.2 Å². The van der Waals surface area contributed by atoms with Crippen molar-refractivity contribution in [1.82, 2.24) is 29.7 Å². The smallest absolute Gasteiger partial charge is 0.410 e. The Hall–Kier alpha value is -5.11. The number of nitrogens with zero attached hydrogens (tertiary/aromatic N) is 5. The maximum Gasteiger partial charge on any atom is 0.410 e. The van der Waals surface area contributed by atoms with E-state index in [4.69, 9.17) is 35.8 Å². The minimum Gasteiger partial charge on any atom is -0.486 e. The molecule has 4 aromatic rings. The molecular weight excluding hydrogens is 726 g/mol. The SMILES string of the molecule is CCCCOc1c(-c2c[nH]c([C@@H]3CCCN3C(=O)OC(C)(C)C)n2)cc(Cl)c(-c2ccc(-c3c[nH]c([C@@H]4CCCN4C(=O)OC(C)(C)C)n3)cc2)c1[N+](=O)[O-]. The van der Waals surface area contributed by atoms with E-state index >= 15 is 0 Å². The normalized spacial score (nSPS) is 17.5. The molecule has 2 aromatic heterocycles. The Balaban J connectivity index is 1.31. The molecule has 0 saturated carbocycles. The zero-order valence-corrected chi connectivity index (χ0v) is 33.3. The van der Waals surface area contributed by atoms with Gasteiger partial charge in [0, 0.05) is 31.0 Å². The number of aromatic nitrogens is 4. The maximum atomic E-state index is 13.0. The van der Waals surface area contributed by atoms with Gasteiger partial charge in [-0.2, -0.15) is 0 Å². The van der Waals surface area contributed by atoms with E-state index in [2.05, 4.69) is 9.97 Å². The Bertz CT molecular complexity index is 2030. The molecule has 2 amide bonds. The molecule has 2 atom stereocenters. The van der Waals surface area contributed by atoms with E-state index in [0.29, 0.717) is 60.1 Å². The number of halogens is 1. The molecular formula is C40H50ClN7O7. The number of amides is 2. The molecule has 2 fully saturated rings. The summed E-state index contributed by atoms with van der Waals surface area (Å²) in [6.45, 7) is 14.4. The van der Waals surface area contributed by atoms with Gasteiger partial charge in [0.05, 0.1) is 51.2 Å². The van der Waals surface area contributed by atoms with E-state index < -0.39 is 22.2 Å². The van der Waals surface area contributed by atoms with Gasteiger partial charge in [0.15, 0.2) is 0 Å². The molecule has 55 heavy (non-hydrogen) atoms. The summed E-state index contributed by atoms with van der Waals surface area (Å²) in [6.07, 6.45) is 7.24. The predicted molar refractivity (Wildman–Crippen MR) is 209 cm³/mol. The molecule has 6 rings (SSSR count). The monoisotopic (exact) mass is 775 g/mol. The van der Waals surface area contributed by atoms with E-state index in [9.17, 15) is 19.7 Å². The largest absolute Gasteiger partial charge is 0.486 e. The van der Waals surface area contributed by atoms with Gasteiger partial charge in [0.2, 0.25) is 5.75 Å². The number of unbranched alkanes of at least 4 members (excludes halogenated alkanes) is 1. The van der Waals surface area contributed by atoms with Crippen LogP contribution in [0.3, 0.4) is 0 Å². The Morgan fingerprint density at radius 1 is 0.873 bits per heavy atom. The van der Waals surface area contributed by atoms with Crippen LogP contribution < -0.4 is 4.74 Å². The van der Waals surface area contributed by atoms with Crippen molar-refractivity contribution >= 4 is 29.5 Å². The van der Waals surface area contributed by atoms with Gasteiger partial charge < -0.3 is 24.2 Å². The van der Waals surface area contributed by atoms with Crippen molar-refractivity contribution in [3.63, 3.8) is 0 Å². The molecule has 0 unspecified atom stereocenters. The Labute approximate surface area is 326 Å². The van der Waals surface area contributed by atoms with E-state index in [-0.39, 0.29) is 46.8 Å². The Morgan fingerprint density at radius 2 is 1.38 bits per heavy atom. The third-order valence-electron chi connectivity index (χ3n) is 9.47. The fourth-order valence-electron chi connectivity index (χ4n) is 7.01. The summed E-state index contributed by atoms with van der Waals surface area (Å²) >= 11 is 6.94. The molecule has 0 radical (unpaired) electrons. The number of benzene rings is 2. The van der Waals surface area contributed by atoms with Crippen molar-refractivity contribution < 1.29 is 28.7 Å². The lowest BCUT2D eigenvalue weighted by Gasteiger charge is -2.27. The van der Waals surface area contributed by atoms with Crippen LogP contribution in [-0.2, 0) is 9.47 Å². The van der Waals surface area contributed by atoms with Crippen molar-refractivity contribution in [1.29, 1.82) is 0 Å². The molecule has 2 aromatic carbocycles. The third-order valence-corrected chi connectivity index (χ3v) is 9.76. The second-order valence-corrected chi connectivity index (χ2v) is 16.4. The van der Waals surface area contributed by atoms with Crippen molar-refractivity contribution in [3.05, 3.63) is 69.5 Å². The van der Waals surface area contributed by atoms with Crippen LogP contribution in [0.15, 0.2) is 42.7 Å². The summed E-state index contributed by atoms with van der Waals surface area (Å²) in [5.41, 5.74) is 1.45. The fraction of sp³-hybridized carbons (Fsp3) is 0.500. The summed E-state index contributed by atoms with van der Waals surface area (Å²) in [4.78, 5) is 57.8. The first-order valence-corrected chi connectivity index (χ1v) is 19.3. The number of aromatic amines is 2. The molecule has 294 valence electrons. The number of ether oxygens (including phenoxy) is 3. The topological polar surface area (TPSA) is 169 Å². The van der Waals surface area contributed by atoms with Gasteiger partial charge in [-0.25, -0.2) is 19.6 Å². The van der Waals surface area contributed by atoms with Crippen molar-refractivity contribution in [2.75, 3.05) is 19.7 Å². The molecule has 0 aliphatic carbocycles. The molecule has 2 aliphatic rings. The summed E-state index contributed by atoms with van der Waals surface area (Å²) in [7, 11) is 0. The molecule has 0 spiro atoms. The maximum absolute atomic E-state index is 13.0. The molecule has 2 N–H and O–H groups in total. The molecule has 2 aliphatic heterocycles. The van der Waals surface area contributed by atoms with E-state index in [1.165, 1.54) is 0 Å². The number of H-pyrrole nitrogens is 2. The first-order chi connectivity index (χ1) is 26.0. The number of carbonyl (C=O) groups excluding carboxylic acids is 2. The van der Waals surface area contributed by atoms with Crippen LogP contribution >= 0.6 is 11.6 Å². The van der Waals surface area contributed by atoms with Gasteiger partial charge in [0.1, 0.15) is 22.9 Å². The number of nitro groups is 1. The summed E-state index contributed by atoms with van der Waals surface area (Å²) in [5, 5.41) is 13.1. The summed E-state index contributed by atoms with van der Waals surface area (Å²) in [5.74, 6) is 1.28. The number of nitro benzene ring substituents is 1. The van der Waals surface area contributed by atoms with Crippen molar-refractivity contribution in [2.45, 2.75) is 110 Å². The second-order valence-electron chi connectivity index (χ2n) is 16.0. The van der Waals surface area contributed by atoms with Gasteiger partial charge in [-0.05, 0) is 85.3 Å². The average molecular weight is 776 g/mol. The Kier molecular flexibility index (Phi) is 11.5. The van der Waals surface area contributed by atoms with E-state index in [1.807, 2.05) is 60.6 Å². The summed E-state index contributed by atoms with van der Waals surface area (Å²) in [6, 6.07) is 8.28. The third kappa shape index (κ3) is 8.90. The number of nitrogens with one attached hydrogen (secondary N) is 2.